The molecular weight excluding hydrogens is 360 g/mol. The highest BCUT2D eigenvalue weighted by molar-refractivity contribution is 5.85. The van der Waals surface area contributed by atoms with Gasteiger partial charge in [0.25, 0.3) is 0 Å². The van der Waals surface area contributed by atoms with Crippen molar-refractivity contribution in [1.82, 2.24) is 0 Å². The van der Waals surface area contributed by atoms with Gasteiger partial charge in [-0.25, -0.2) is 9.59 Å². The number of allylic oxidation sites excluding steroid dienone is 4. The van der Waals surface area contributed by atoms with Crippen LogP contribution in [0, 0.1) is 11.8 Å². The van der Waals surface area contributed by atoms with Crippen molar-refractivity contribution >= 4 is 11.9 Å². The molecular formula is C22H38O6. The van der Waals surface area contributed by atoms with E-state index < -0.39 is 24.1 Å². The highest BCUT2D eigenvalue weighted by atomic mass is 16.6. The van der Waals surface area contributed by atoms with Gasteiger partial charge in [-0.1, -0.05) is 37.1 Å². The summed E-state index contributed by atoms with van der Waals surface area (Å²) in [5.41, 5.74) is 2.46. The Kier molecular flexibility index (Phi) is 13.5. The minimum absolute atomic E-state index is 0.109. The lowest BCUT2D eigenvalue weighted by atomic mass is 10.1. The third-order valence-electron chi connectivity index (χ3n) is 4.23. The van der Waals surface area contributed by atoms with Crippen molar-refractivity contribution in [3.05, 3.63) is 23.3 Å². The van der Waals surface area contributed by atoms with Crippen LogP contribution in [0.2, 0.25) is 0 Å². The van der Waals surface area contributed by atoms with E-state index in [9.17, 15) is 19.8 Å². The normalized spacial score (nSPS) is 15.0. The molecule has 6 heteroatoms. The molecule has 0 fully saturated rings. The number of rotatable bonds is 13. The monoisotopic (exact) mass is 398 g/mol. The molecule has 0 bridgehead atoms. The predicted octanol–water partition coefficient (Wildman–Crippen LogP) is 3.56. The van der Waals surface area contributed by atoms with Gasteiger partial charge in [0.05, 0.1) is 13.2 Å². The van der Waals surface area contributed by atoms with Crippen molar-refractivity contribution in [2.24, 2.45) is 11.8 Å². The highest BCUT2D eigenvalue weighted by Gasteiger charge is 2.33. The average Bonchev–Trinajstić information content (AvgIpc) is 2.62. The van der Waals surface area contributed by atoms with Gasteiger partial charge in [0.2, 0.25) is 0 Å². The second-order valence-electron chi connectivity index (χ2n) is 8.08. The maximum absolute atomic E-state index is 11.9. The summed E-state index contributed by atoms with van der Waals surface area (Å²) in [5, 5.41) is 19.7. The molecule has 4 atom stereocenters. The number of ether oxygens (including phenoxy) is 2. The van der Waals surface area contributed by atoms with Crippen LogP contribution in [0.25, 0.3) is 0 Å². The van der Waals surface area contributed by atoms with Crippen molar-refractivity contribution < 1.29 is 29.3 Å². The summed E-state index contributed by atoms with van der Waals surface area (Å²) in [6, 6.07) is 0. The molecule has 0 radical (unpaired) electrons. The summed E-state index contributed by atoms with van der Waals surface area (Å²) < 4.78 is 10.0. The van der Waals surface area contributed by atoms with Gasteiger partial charge in [-0.15, -0.1) is 0 Å². The molecule has 0 aromatic rings. The van der Waals surface area contributed by atoms with Crippen LogP contribution in [0.3, 0.4) is 0 Å². The summed E-state index contributed by atoms with van der Waals surface area (Å²) in [6.07, 6.45) is 3.75. The maximum atomic E-state index is 11.9. The molecule has 0 rings (SSSR count). The SMILES string of the molecule is CC(C)=CCCC(C)COC(=O)C(O)C(O)C(=O)OCC(C)CCC=C(C)C. The largest absolute Gasteiger partial charge is 0.463 e. The molecule has 2 N–H and O–H groups in total. The smallest absolute Gasteiger partial charge is 0.338 e. The molecule has 0 heterocycles. The molecule has 0 aliphatic carbocycles. The first-order chi connectivity index (χ1) is 13.0. The Balaban J connectivity index is 4.23. The van der Waals surface area contributed by atoms with Crippen molar-refractivity contribution in [2.75, 3.05) is 13.2 Å². The zero-order valence-corrected chi connectivity index (χ0v) is 18.2. The number of aliphatic hydroxyl groups is 2. The van der Waals surface area contributed by atoms with Gasteiger partial charge in [-0.3, -0.25) is 0 Å². The second kappa shape index (κ2) is 14.4. The van der Waals surface area contributed by atoms with E-state index in [0.717, 1.165) is 25.7 Å². The first kappa shape index (κ1) is 26.3. The van der Waals surface area contributed by atoms with Gasteiger partial charge >= 0.3 is 11.9 Å². The molecule has 0 aliphatic heterocycles. The summed E-state index contributed by atoms with van der Waals surface area (Å²) in [6.45, 7) is 12.2. The zero-order valence-electron chi connectivity index (χ0n) is 18.2. The molecule has 0 saturated heterocycles. The van der Waals surface area contributed by atoms with Crippen LogP contribution < -0.4 is 0 Å². The first-order valence-corrected chi connectivity index (χ1v) is 10.0. The summed E-state index contributed by atoms with van der Waals surface area (Å²) in [7, 11) is 0. The first-order valence-electron chi connectivity index (χ1n) is 10.0. The highest BCUT2D eigenvalue weighted by Crippen LogP contribution is 2.11. The quantitative estimate of drug-likeness (QED) is 0.364. The Hall–Kier alpha value is -1.66. The Morgan fingerprint density at radius 2 is 1.07 bits per heavy atom. The minimum atomic E-state index is -1.95. The van der Waals surface area contributed by atoms with Crippen molar-refractivity contribution in [3.8, 4) is 0 Å². The average molecular weight is 399 g/mol. The van der Waals surface area contributed by atoms with Gasteiger partial charge < -0.3 is 19.7 Å². The van der Waals surface area contributed by atoms with Gasteiger partial charge in [-0.2, -0.15) is 0 Å². The number of carbonyl (C=O) groups excluding carboxylic acids is 2. The molecule has 0 spiro atoms. The maximum Gasteiger partial charge on any atom is 0.338 e. The molecule has 162 valence electrons. The number of hydrogen-bond acceptors (Lipinski definition) is 6. The van der Waals surface area contributed by atoms with Crippen LogP contribution in [-0.4, -0.2) is 47.6 Å². The predicted molar refractivity (Wildman–Crippen MR) is 110 cm³/mol. The van der Waals surface area contributed by atoms with Crippen molar-refractivity contribution in [1.29, 1.82) is 0 Å². The lowest BCUT2D eigenvalue weighted by Crippen LogP contribution is -2.42. The molecule has 0 amide bonds. The second-order valence-corrected chi connectivity index (χ2v) is 8.08. The Morgan fingerprint density at radius 1 is 0.750 bits per heavy atom. The topological polar surface area (TPSA) is 93.1 Å². The van der Waals surface area contributed by atoms with Crippen LogP contribution in [0.15, 0.2) is 23.3 Å². The third-order valence-corrected chi connectivity index (χ3v) is 4.23. The fourth-order valence-electron chi connectivity index (χ4n) is 2.36. The van der Waals surface area contributed by atoms with Gasteiger partial charge in [0, 0.05) is 0 Å². The molecule has 4 unspecified atom stereocenters. The van der Waals surface area contributed by atoms with Crippen LogP contribution >= 0.6 is 0 Å². The third kappa shape index (κ3) is 12.7. The standard InChI is InChI=1S/C22H38O6/c1-15(2)9-7-11-17(5)13-27-21(25)19(23)20(24)22(26)28-14-18(6)12-8-10-16(3)4/h9-10,17-20,23-24H,7-8,11-14H2,1-6H3. The fraction of sp³-hybridized carbons (Fsp3) is 0.727. The van der Waals surface area contributed by atoms with E-state index in [1.165, 1.54) is 11.1 Å². The molecule has 0 aromatic heterocycles. The Bertz CT molecular complexity index is 481. The molecule has 6 nitrogen and oxygen atoms in total. The van der Waals surface area contributed by atoms with E-state index in [0.29, 0.717) is 0 Å². The molecule has 28 heavy (non-hydrogen) atoms. The van der Waals surface area contributed by atoms with Gasteiger partial charge in [0.15, 0.2) is 12.2 Å². The van der Waals surface area contributed by atoms with Crippen LogP contribution in [0.5, 0.6) is 0 Å². The molecule has 0 aromatic carbocycles. The van der Waals surface area contributed by atoms with Crippen molar-refractivity contribution in [2.45, 2.75) is 79.4 Å². The lowest BCUT2D eigenvalue weighted by molar-refractivity contribution is -0.174. The van der Waals surface area contributed by atoms with E-state index in [2.05, 4.69) is 12.2 Å². The van der Waals surface area contributed by atoms with E-state index in [1.54, 1.807) is 0 Å². The molecule has 0 aliphatic rings. The minimum Gasteiger partial charge on any atom is -0.463 e. The van der Waals surface area contributed by atoms with Gasteiger partial charge in [0.1, 0.15) is 0 Å². The van der Waals surface area contributed by atoms with E-state index in [-0.39, 0.29) is 25.0 Å². The summed E-state index contributed by atoms with van der Waals surface area (Å²) in [5.74, 6) is -1.82. The van der Waals surface area contributed by atoms with Gasteiger partial charge in [-0.05, 0) is 65.2 Å². The number of esters is 2. The number of hydrogen-bond donors (Lipinski definition) is 2. The van der Waals surface area contributed by atoms with E-state index in [4.69, 9.17) is 9.47 Å². The van der Waals surface area contributed by atoms with Crippen LogP contribution in [0.1, 0.15) is 67.2 Å². The fourth-order valence-corrected chi connectivity index (χ4v) is 2.36. The van der Waals surface area contributed by atoms with E-state index >= 15 is 0 Å². The van der Waals surface area contributed by atoms with Crippen LogP contribution in [-0.2, 0) is 19.1 Å². The van der Waals surface area contributed by atoms with E-state index in [1.807, 2.05) is 41.5 Å². The Labute approximate surface area is 169 Å². The molecule has 0 saturated carbocycles. The number of carbonyl (C=O) groups is 2. The van der Waals surface area contributed by atoms with Crippen molar-refractivity contribution in [3.63, 3.8) is 0 Å². The summed E-state index contributed by atoms with van der Waals surface area (Å²) in [4.78, 5) is 23.7. The Morgan fingerprint density at radius 3 is 1.36 bits per heavy atom. The summed E-state index contributed by atoms with van der Waals surface area (Å²) >= 11 is 0. The van der Waals surface area contributed by atoms with Crippen LogP contribution in [0.4, 0.5) is 0 Å². The lowest BCUT2D eigenvalue weighted by Gasteiger charge is -2.18. The number of aliphatic hydroxyl groups excluding tert-OH is 2. The zero-order chi connectivity index (χ0) is 21.7.